The third-order valence-corrected chi connectivity index (χ3v) is 3.68. The molecule has 1 atom stereocenters. The minimum Gasteiger partial charge on any atom is -0.399 e. The fourth-order valence-corrected chi connectivity index (χ4v) is 2.71. The Kier molecular flexibility index (Phi) is 6.65. The van der Waals surface area contributed by atoms with Crippen LogP contribution in [-0.2, 0) is 6.42 Å². The second-order valence-electron chi connectivity index (χ2n) is 5.09. The average Bonchev–Trinajstić information content (AvgIpc) is 2.48. The van der Waals surface area contributed by atoms with E-state index < -0.39 is 0 Å². The zero-order chi connectivity index (χ0) is 13.9. The van der Waals surface area contributed by atoms with Crippen molar-refractivity contribution >= 4 is 36.4 Å². The summed E-state index contributed by atoms with van der Waals surface area (Å²) in [4.78, 5) is 16.3. The number of pyridine rings is 1. The maximum atomic E-state index is 12.2. The molecule has 2 aromatic rings. The van der Waals surface area contributed by atoms with Gasteiger partial charge in [0.1, 0.15) is 5.69 Å². The molecular formula is C16H19Cl2N3O. The summed E-state index contributed by atoms with van der Waals surface area (Å²) in [6.07, 6.45) is 4.67. The van der Waals surface area contributed by atoms with Crippen molar-refractivity contribution in [2.45, 2.75) is 25.3 Å². The molecular weight excluding hydrogens is 321 g/mol. The van der Waals surface area contributed by atoms with E-state index in [1.807, 2.05) is 24.3 Å². The molecule has 0 saturated carbocycles. The normalized spacial score (nSPS) is 15.7. The number of aromatic nitrogens is 1. The lowest BCUT2D eigenvalue weighted by Crippen LogP contribution is -2.31. The van der Waals surface area contributed by atoms with Crippen LogP contribution in [-0.4, -0.2) is 10.9 Å². The highest BCUT2D eigenvalue weighted by Crippen LogP contribution is 2.31. The third kappa shape index (κ3) is 3.90. The average molecular weight is 340 g/mol. The summed E-state index contributed by atoms with van der Waals surface area (Å²) in [5.74, 6) is -0.125. The Labute approximate surface area is 142 Å². The highest BCUT2D eigenvalue weighted by molar-refractivity contribution is 5.92. The van der Waals surface area contributed by atoms with Crippen molar-refractivity contribution in [1.82, 2.24) is 10.3 Å². The Hall–Kier alpha value is -1.78. The Morgan fingerprint density at radius 3 is 2.77 bits per heavy atom. The Bertz CT molecular complexity index is 635. The SMILES string of the molecule is Cl.Cl.Nc1ccc2c(c1)CCCC2NC(=O)c1ccccn1. The number of fused-ring (bicyclic) bond motifs is 1. The molecule has 0 aliphatic heterocycles. The van der Waals surface area contributed by atoms with Crippen LogP contribution in [0.5, 0.6) is 0 Å². The van der Waals surface area contributed by atoms with Crippen LogP contribution in [0.2, 0.25) is 0 Å². The zero-order valence-electron chi connectivity index (χ0n) is 12.0. The van der Waals surface area contributed by atoms with Gasteiger partial charge in [0.2, 0.25) is 0 Å². The van der Waals surface area contributed by atoms with Gasteiger partial charge >= 0.3 is 0 Å². The summed E-state index contributed by atoms with van der Waals surface area (Å²) in [7, 11) is 0. The topological polar surface area (TPSA) is 68.0 Å². The summed E-state index contributed by atoms with van der Waals surface area (Å²) in [6, 6.07) is 11.3. The van der Waals surface area contributed by atoms with Gasteiger partial charge in [0, 0.05) is 11.9 Å². The van der Waals surface area contributed by atoms with Gasteiger partial charge in [-0.1, -0.05) is 12.1 Å². The number of benzene rings is 1. The first-order valence-electron chi connectivity index (χ1n) is 6.84. The standard InChI is InChI=1S/C16H17N3O.2ClH/c17-12-7-8-13-11(10-12)4-3-6-14(13)19-16(20)15-5-1-2-9-18-15;;/h1-2,5,7-10,14H,3-4,6,17H2,(H,19,20);2*1H. The van der Waals surface area contributed by atoms with Crippen molar-refractivity contribution in [2.75, 3.05) is 5.73 Å². The number of hydrogen-bond acceptors (Lipinski definition) is 3. The smallest absolute Gasteiger partial charge is 0.270 e. The molecule has 1 aromatic carbocycles. The summed E-state index contributed by atoms with van der Waals surface area (Å²) < 4.78 is 0. The molecule has 3 rings (SSSR count). The number of hydrogen-bond donors (Lipinski definition) is 2. The first-order chi connectivity index (χ1) is 9.74. The molecule has 1 heterocycles. The first-order valence-corrected chi connectivity index (χ1v) is 6.84. The van der Waals surface area contributed by atoms with E-state index >= 15 is 0 Å². The number of nitrogens with one attached hydrogen (secondary N) is 1. The molecule has 4 nitrogen and oxygen atoms in total. The van der Waals surface area contributed by atoms with E-state index in [0.29, 0.717) is 5.69 Å². The number of anilines is 1. The number of carbonyl (C=O) groups is 1. The quantitative estimate of drug-likeness (QED) is 0.824. The van der Waals surface area contributed by atoms with Crippen LogP contribution in [0.25, 0.3) is 0 Å². The molecule has 0 fully saturated rings. The second kappa shape index (κ2) is 8.01. The van der Waals surface area contributed by atoms with Gasteiger partial charge in [-0.05, 0) is 54.7 Å². The van der Waals surface area contributed by atoms with E-state index in [-0.39, 0.29) is 36.8 Å². The van der Waals surface area contributed by atoms with E-state index in [1.54, 1.807) is 18.3 Å². The van der Waals surface area contributed by atoms with Gasteiger partial charge in [-0.3, -0.25) is 9.78 Å². The minimum atomic E-state index is -0.125. The number of amides is 1. The van der Waals surface area contributed by atoms with Crippen molar-refractivity contribution in [2.24, 2.45) is 0 Å². The van der Waals surface area contributed by atoms with Crippen LogP contribution < -0.4 is 11.1 Å². The number of carbonyl (C=O) groups excluding carboxylic acids is 1. The number of halogens is 2. The van der Waals surface area contributed by atoms with Crippen LogP contribution >= 0.6 is 24.8 Å². The molecule has 22 heavy (non-hydrogen) atoms. The monoisotopic (exact) mass is 339 g/mol. The number of aryl methyl sites for hydroxylation is 1. The summed E-state index contributed by atoms with van der Waals surface area (Å²) >= 11 is 0. The fourth-order valence-electron chi connectivity index (χ4n) is 2.71. The van der Waals surface area contributed by atoms with Crippen LogP contribution in [0.3, 0.4) is 0 Å². The molecule has 118 valence electrons. The summed E-state index contributed by atoms with van der Waals surface area (Å²) in [5.41, 5.74) is 9.47. The molecule has 0 saturated heterocycles. The molecule has 6 heteroatoms. The maximum absolute atomic E-state index is 12.2. The lowest BCUT2D eigenvalue weighted by atomic mass is 9.87. The minimum absolute atomic E-state index is 0. The molecule has 1 amide bonds. The van der Waals surface area contributed by atoms with Crippen LogP contribution in [0.15, 0.2) is 42.6 Å². The predicted molar refractivity (Wildman–Crippen MR) is 92.7 cm³/mol. The van der Waals surface area contributed by atoms with Crippen LogP contribution in [0, 0.1) is 0 Å². The van der Waals surface area contributed by atoms with E-state index in [4.69, 9.17) is 5.73 Å². The number of rotatable bonds is 2. The fraction of sp³-hybridized carbons (Fsp3) is 0.250. The van der Waals surface area contributed by atoms with Crippen molar-refractivity contribution in [3.63, 3.8) is 0 Å². The van der Waals surface area contributed by atoms with Crippen LogP contribution in [0.4, 0.5) is 5.69 Å². The maximum Gasteiger partial charge on any atom is 0.270 e. The Balaban J connectivity index is 0.00000121. The number of nitrogens with two attached hydrogens (primary N) is 1. The third-order valence-electron chi connectivity index (χ3n) is 3.68. The molecule has 3 N–H and O–H groups in total. The van der Waals surface area contributed by atoms with Gasteiger partial charge in [0.25, 0.3) is 5.91 Å². The van der Waals surface area contributed by atoms with Gasteiger partial charge in [0.15, 0.2) is 0 Å². The molecule has 1 unspecified atom stereocenters. The predicted octanol–water partition coefficient (Wildman–Crippen LogP) is 3.31. The second-order valence-corrected chi connectivity index (χ2v) is 5.09. The van der Waals surface area contributed by atoms with Crippen LogP contribution in [0.1, 0.15) is 40.5 Å². The van der Waals surface area contributed by atoms with E-state index in [0.717, 1.165) is 24.9 Å². The van der Waals surface area contributed by atoms with E-state index in [1.165, 1.54) is 11.1 Å². The van der Waals surface area contributed by atoms with Gasteiger partial charge < -0.3 is 11.1 Å². The van der Waals surface area contributed by atoms with Crippen molar-refractivity contribution in [3.05, 3.63) is 59.4 Å². The lowest BCUT2D eigenvalue weighted by Gasteiger charge is -2.26. The number of nitrogen functional groups attached to an aromatic ring is 1. The molecule has 1 aromatic heterocycles. The summed E-state index contributed by atoms with van der Waals surface area (Å²) in [6.45, 7) is 0. The van der Waals surface area contributed by atoms with Gasteiger partial charge in [-0.25, -0.2) is 0 Å². The van der Waals surface area contributed by atoms with E-state index in [2.05, 4.69) is 10.3 Å². The lowest BCUT2D eigenvalue weighted by molar-refractivity contribution is 0.0927. The van der Waals surface area contributed by atoms with Crippen molar-refractivity contribution in [1.29, 1.82) is 0 Å². The highest BCUT2D eigenvalue weighted by Gasteiger charge is 2.22. The van der Waals surface area contributed by atoms with Gasteiger partial charge in [-0.2, -0.15) is 0 Å². The largest absolute Gasteiger partial charge is 0.399 e. The van der Waals surface area contributed by atoms with Gasteiger partial charge in [-0.15, -0.1) is 24.8 Å². The zero-order valence-corrected chi connectivity index (χ0v) is 13.6. The van der Waals surface area contributed by atoms with Crippen molar-refractivity contribution in [3.8, 4) is 0 Å². The summed E-state index contributed by atoms with van der Waals surface area (Å²) in [5, 5.41) is 3.07. The molecule has 0 radical (unpaired) electrons. The molecule has 0 spiro atoms. The van der Waals surface area contributed by atoms with Gasteiger partial charge in [0.05, 0.1) is 6.04 Å². The Morgan fingerprint density at radius 2 is 2.05 bits per heavy atom. The highest BCUT2D eigenvalue weighted by atomic mass is 35.5. The Morgan fingerprint density at radius 1 is 1.23 bits per heavy atom. The molecule has 1 aliphatic rings. The van der Waals surface area contributed by atoms with E-state index in [9.17, 15) is 4.79 Å². The molecule has 0 bridgehead atoms. The molecule has 1 aliphatic carbocycles. The van der Waals surface area contributed by atoms with Crippen molar-refractivity contribution < 1.29 is 4.79 Å². The first kappa shape index (κ1) is 18.3. The number of nitrogens with zero attached hydrogens (tertiary/aromatic N) is 1.